The van der Waals surface area contributed by atoms with Gasteiger partial charge in [0.2, 0.25) is 0 Å². The first-order valence-electron chi connectivity index (χ1n) is 7.45. The van der Waals surface area contributed by atoms with Gasteiger partial charge in [-0.1, -0.05) is 43.5 Å². The first-order valence-corrected chi connectivity index (χ1v) is 8.22. The number of rotatable bonds is 3. The summed E-state index contributed by atoms with van der Waals surface area (Å²) in [4.78, 5) is 0.924. The van der Waals surface area contributed by atoms with Crippen LogP contribution in [0.3, 0.4) is 0 Å². The van der Waals surface area contributed by atoms with Crippen LogP contribution in [0.1, 0.15) is 65.8 Å². The molecule has 1 saturated carbocycles. The second-order valence-electron chi connectivity index (χ2n) is 5.77. The molecule has 0 bridgehead atoms. The zero-order valence-corrected chi connectivity index (χ0v) is 12.7. The van der Waals surface area contributed by atoms with Crippen LogP contribution in [0.4, 0.5) is 0 Å². The summed E-state index contributed by atoms with van der Waals surface area (Å²) in [6.45, 7) is 1.96. The summed E-state index contributed by atoms with van der Waals surface area (Å²) in [6.07, 6.45) is 6.19. The minimum atomic E-state index is -0.540. The number of aromatic nitrogens is 1. The Morgan fingerprint density at radius 3 is 2.45 bits per heavy atom. The molecule has 3 heteroatoms. The van der Waals surface area contributed by atoms with E-state index < -0.39 is 6.10 Å². The average molecular weight is 287 g/mol. The van der Waals surface area contributed by atoms with Crippen LogP contribution in [0.25, 0.3) is 0 Å². The van der Waals surface area contributed by atoms with E-state index in [1.54, 1.807) is 0 Å². The monoisotopic (exact) mass is 287 g/mol. The molecule has 1 heterocycles. The lowest BCUT2D eigenvalue weighted by molar-refractivity contribution is 0.224. The van der Waals surface area contributed by atoms with E-state index in [9.17, 15) is 5.11 Å². The molecular formula is C17H21NOS. The molecule has 0 saturated heterocycles. The molecule has 106 valence electrons. The van der Waals surface area contributed by atoms with E-state index in [1.165, 1.54) is 49.2 Å². The molecule has 1 aliphatic carbocycles. The standard InChI is InChI=1S/C17H21NOS/c1-12-11-16(20-18-12)17(19)15-9-7-14(8-10-15)13-5-3-2-4-6-13/h7-11,13,17,19H,2-6H2,1H3/t17-/m1/s1. The molecule has 3 rings (SSSR count). The molecule has 0 spiro atoms. The lowest BCUT2D eigenvalue weighted by Gasteiger charge is -2.22. The third kappa shape index (κ3) is 2.94. The summed E-state index contributed by atoms with van der Waals surface area (Å²) in [5.41, 5.74) is 3.37. The van der Waals surface area contributed by atoms with Gasteiger partial charge in [-0.2, -0.15) is 4.37 Å². The van der Waals surface area contributed by atoms with Crippen LogP contribution < -0.4 is 0 Å². The lowest BCUT2D eigenvalue weighted by Crippen LogP contribution is -2.05. The minimum Gasteiger partial charge on any atom is -0.383 e. The summed E-state index contributed by atoms with van der Waals surface area (Å²) in [7, 11) is 0. The maximum absolute atomic E-state index is 10.4. The first-order chi connectivity index (χ1) is 9.74. The Morgan fingerprint density at radius 1 is 1.15 bits per heavy atom. The molecule has 0 unspecified atom stereocenters. The van der Waals surface area contributed by atoms with Gasteiger partial charge >= 0.3 is 0 Å². The normalized spacial score (nSPS) is 18.1. The van der Waals surface area contributed by atoms with Crippen molar-refractivity contribution in [3.63, 3.8) is 0 Å². The van der Waals surface area contributed by atoms with Crippen molar-refractivity contribution < 1.29 is 5.11 Å². The fourth-order valence-corrected chi connectivity index (χ4v) is 3.82. The Morgan fingerprint density at radius 2 is 1.85 bits per heavy atom. The largest absolute Gasteiger partial charge is 0.383 e. The van der Waals surface area contributed by atoms with Crippen LogP contribution in [0, 0.1) is 6.92 Å². The van der Waals surface area contributed by atoms with Gasteiger partial charge in [-0.25, -0.2) is 0 Å². The molecule has 20 heavy (non-hydrogen) atoms. The van der Waals surface area contributed by atoms with Gasteiger partial charge < -0.3 is 5.11 Å². The minimum absolute atomic E-state index is 0.540. The molecule has 1 aromatic heterocycles. The molecule has 0 radical (unpaired) electrons. The van der Waals surface area contributed by atoms with E-state index in [0.717, 1.165) is 22.1 Å². The van der Waals surface area contributed by atoms with Crippen molar-refractivity contribution in [1.82, 2.24) is 4.37 Å². The number of aryl methyl sites for hydroxylation is 1. The summed E-state index contributed by atoms with van der Waals surface area (Å²) in [5, 5.41) is 10.4. The van der Waals surface area contributed by atoms with E-state index in [-0.39, 0.29) is 0 Å². The Bertz CT molecular complexity index is 555. The predicted molar refractivity (Wildman–Crippen MR) is 83.2 cm³/mol. The van der Waals surface area contributed by atoms with Crippen molar-refractivity contribution in [3.8, 4) is 0 Å². The van der Waals surface area contributed by atoms with Crippen molar-refractivity contribution in [2.24, 2.45) is 0 Å². The second kappa shape index (κ2) is 6.06. The Hall–Kier alpha value is -1.19. The summed E-state index contributed by atoms with van der Waals surface area (Å²) >= 11 is 1.38. The maximum Gasteiger partial charge on any atom is 0.115 e. The highest BCUT2D eigenvalue weighted by molar-refractivity contribution is 7.05. The average Bonchev–Trinajstić information content (AvgIpc) is 2.94. The van der Waals surface area contributed by atoms with Gasteiger partial charge in [0, 0.05) is 0 Å². The third-order valence-electron chi connectivity index (χ3n) is 4.24. The predicted octanol–water partition coefficient (Wildman–Crippen LogP) is 4.58. The first kappa shape index (κ1) is 13.8. The van der Waals surface area contributed by atoms with Gasteiger partial charge in [0.15, 0.2) is 0 Å². The van der Waals surface area contributed by atoms with Gasteiger partial charge in [0.25, 0.3) is 0 Å². The smallest absolute Gasteiger partial charge is 0.115 e. The van der Waals surface area contributed by atoms with Crippen LogP contribution in [0.5, 0.6) is 0 Å². The molecule has 2 aromatic rings. The lowest BCUT2D eigenvalue weighted by atomic mass is 9.84. The number of nitrogens with zero attached hydrogens (tertiary/aromatic N) is 1. The fourth-order valence-electron chi connectivity index (χ4n) is 3.06. The third-order valence-corrected chi connectivity index (χ3v) is 5.18. The molecular weight excluding hydrogens is 266 g/mol. The van der Waals surface area contributed by atoms with Crippen LogP contribution in [0.15, 0.2) is 30.3 Å². The Labute approximate surface area is 124 Å². The summed E-state index contributed by atoms with van der Waals surface area (Å²) < 4.78 is 4.24. The second-order valence-corrected chi connectivity index (χ2v) is 6.61. The number of benzene rings is 1. The number of hydrogen-bond acceptors (Lipinski definition) is 3. The number of aliphatic hydroxyl groups excluding tert-OH is 1. The molecule has 1 N–H and O–H groups in total. The van der Waals surface area contributed by atoms with Crippen molar-refractivity contribution in [3.05, 3.63) is 52.0 Å². The van der Waals surface area contributed by atoms with Crippen molar-refractivity contribution in [2.75, 3.05) is 0 Å². The van der Waals surface area contributed by atoms with Crippen LogP contribution in [0.2, 0.25) is 0 Å². The molecule has 1 fully saturated rings. The molecule has 0 amide bonds. The van der Waals surface area contributed by atoms with E-state index in [0.29, 0.717) is 0 Å². The zero-order valence-electron chi connectivity index (χ0n) is 11.9. The highest BCUT2D eigenvalue weighted by Crippen LogP contribution is 2.33. The van der Waals surface area contributed by atoms with Crippen LogP contribution in [-0.2, 0) is 0 Å². The number of aliphatic hydroxyl groups is 1. The van der Waals surface area contributed by atoms with Crippen LogP contribution in [-0.4, -0.2) is 9.48 Å². The highest BCUT2D eigenvalue weighted by atomic mass is 32.1. The van der Waals surface area contributed by atoms with Gasteiger partial charge in [-0.15, -0.1) is 0 Å². The molecule has 0 aliphatic heterocycles. The van der Waals surface area contributed by atoms with Gasteiger partial charge in [-0.05, 0) is 54.4 Å². The molecule has 1 aliphatic rings. The fraction of sp³-hybridized carbons (Fsp3) is 0.471. The Kier molecular flexibility index (Phi) is 4.18. The van der Waals surface area contributed by atoms with E-state index in [2.05, 4.69) is 28.6 Å². The van der Waals surface area contributed by atoms with Crippen LogP contribution >= 0.6 is 11.5 Å². The SMILES string of the molecule is Cc1cc([C@H](O)c2ccc(C3CCCCC3)cc2)sn1. The van der Waals surface area contributed by atoms with E-state index >= 15 is 0 Å². The number of hydrogen-bond donors (Lipinski definition) is 1. The van der Waals surface area contributed by atoms with E-state index in [4.69, 9.17) is 0 Å². The Balaban J connectivity index is 1.75. The molecule has 1 atom stereocenters. The van der Waals surface area contributed by atoms with Gasteiger partial charge in [-0.3, -0.25) is 0 Å². The maximum atomic E-state index is 10.4. The highest BCUT2D eigenvalue weighted by Gasteiger charge is 2.17. The van der Waals surface area contributed by atoms with Gasteiger partial charge in [0.05, 0.1) is 10.6 Å². The van der Waals surface area contributed by atoms with Gasteiger partial charge in [0.1, 0.15) is 6.10 Å². The topological polar surface area (TPSA) is 33.1 Å². The van der Waals surface area contributed by atoms with Crippen molar-refractivity contribution in [2.45, 2.75) is 51.0 Å². The zero-order chi connectivity index (χ0) is 13.9. The van der Waals surface area contributed by atoms with E-state index in [1.807, 2.05) is 13.0 Å². The van der Waals surface area contributed by atoms with Crippen molar-refractivity contribution >= 4 is 11.5 Å². The van der Waals surface area contributed by atoms with Crippen molar-refractivity contribution in [1.29, 1.82) is 0 Å². The quantitative estimate of drug-likeness (QED) is 0.896. The molecule has 2 nitrogen and oxygen atoms in total. The molecule has 1 aromatic carbocycles. The summed E-state index contributed by atoms with van der Waals surface area (Å²) in [6, 6.07) is 10.5. The summed E-state index contributed by atoms with van der Waals surface area (Å²) in [5.74, 6) is 0.723.